The third-order valence-corrected chi connectivity index (χ3v) is 4.66. The molecule has 0 unspecified atom stereocenters. The van der Waals surface area contributed by atoms with Crippen LogP contribution >= 0.6 is 0 Å². The summed E-state index contributed by atoms with van der Waals surface area (Å²) in [6.07, 6.45) is 0.921. The summed E-state index contributed by atoms with van der Waals surface area (Å²) < 4.78 is 5.55. The fourth-order valence-electron chi connectivity index (χ4n) is 3.01. The molecule has 5 heteroatoms. The molecule has 2 N–H and O–H groups in total. The first-order chi connectivity index (χ1) is 14.6. The first-order valence-corrected chi connectivity index (χ1v) is 10.1. The highest BCUT2D eigenvalue weighted by molar-refractivity contribution is 6.09. The van der Waals surface area contributed by atoms with Gasteiger partial charge in [-0.3, -0.25) is 9.59 Å². The number of benzene rings is 3. The Morgan fingerprint density at radius 3 is 2.23 bits per heavy atom. The molecule has 30 heavy (non-hydrogen) atoms. The van der Waals surface area contributed by atoms with Gasteiger partial charge in [0.1, 0.15) is 5.75 Å². The zero-order valence-corrected chi connectivity index (χ0v) is 17.2. The van der Waals surface area contributed by atoms with Crippen molar-refractivity contribution >= 4 is 17.5 Å². The topological polar surface area (TPSA) is 67.4 Å². The SMILES string of the molecule is CCCOc1ccc(C(=O)Nc2ccccc2C(=O)N[C@H](C)c2ccccc2)cc1. The normalized spacial score (nSPS) is 11.4. The van der Waals surface area contributed by atoms with Gasteiger partial charge in [-0.25, -0.2) is 0 Å². The highest BCUT2D eigenvalue weighted by Crippen LogP contribution is 2.20. The van der Waals surface area contributed by atoms with Gasteiger partial charge in [0.05, 0.1) is 23.9 Å². The largest absolute Gasteiger partial charge is 0.494 e. The van der Waals surface area contributed by atoms with Crippen molar-refractivity contribution in [2.45, 2.75) is 26.3 Å². The predicted octanol–water partition coefficient (Wildman–Crippen LogP) is 5.22. The smallest absolute Gasteiger partial charge is 0.255 e. The molecule has 1 atom stereocenters. The molecule has 3 aromatic carbocycles. The molecule has 5 nitrogen and oxygen atoms in total. The van der Waals surface area contributed by atoms with E-state index in [1.165, 1.54) is 0 Å². The maximum Gasteiger partial charge on any atom is 0.255 e. The summed E-state index contributed by atoms with van der Waals surface area (Å²) in [7, 11) is 0. The molecule has 0 aliphatic rings. The fraction of sp³-hybridized carbons (Fsp3) is 0.200. The number of hydrogen-bond donors (Lipinski definition) is 2. The molecular formula is C25H26N2O3. The van der Waals surface area contributed by atoms with Gasteiger partial charge in [0.2, 0.25) is 0 Å². The maximum atomic E-state index is 12.8. The Balaban J connectivity index is 1.70. The number of ether oxygens (including phenoxy) is 1. The summed E-state index contributed by atoms with van der Waals surface area (Å²) in [6, 6.07) is 23.5. The van der Waals surface area contributed by atoms with Gasteiger partial charge in [-0.1, -0.05) is 49.4 Å². The number of hydrogen-bond acceptors (Lipinski definition) is 3. The Hall–Kier alpha value is -3.60. The van der Waals surface area contributed by atoms with Crippen LogP contribution in [0.1, 0.15) is 52.6 Å². The third kappa shape index (κ3) is 5.47. The molecule has 0 aromatic heterocycles. The van der Waals surface area contributed by atoms with Gasteiger partial charge in [-0.15, -0.1) is 0 Å². The minimum absolute atomic E-state index is 0.155. The van der Waals surface area contributed by atoms with Crippen LogP contribution in [-0.4, -0.2) is 18.4 Å². The second-order valence-electron chi connectivity index (χ2n) is 6.98. The van der Waals surface area contributed by atoms with Crippen LogP contribution in [0.4, 0.5) is 5.69 Å². The van der Waals surface area contributed by atoms with E-state index < -0.39 is 0 Å². The van der Waals surface area contributed by atoms with E-state index >= 15 is 0 Å². The van der Waals surface area contributed by atoms with Crippen LogP contribution in [0.3, 0.4) is 0 Å². The summed E-state index contributed by atoms with van der Waals surface area (Å²) in [5.74, 6) is 0.196. The number of rotatable bonds is 8. The minimum atomic E-state index is -0.284. The first-order valence-electron chi connectivity index (χ1n) is 10.1. The predicted molar refractivity (Wildman–Crippen MR) is 119 cm³/mol. The van der Waals surface area contributed by atoms with Crippen molar-refractivity contribution in [3.63, 3.8) is 0 Å². The molecule has 0 aliphatic carbocycles. The lowest BCUT2D eigenvalue weighted by atomic mass is 10.1. The van der Waals surface area contributed by atoms with Crippen LogP contribution in [0.2, 0.25) is 0 Å². The van der Waals surface area contributed by atoms with Crippen molar-refractivity contribution in [3.05, 3.63) is 95.6 Å². The van der Waals surface area contributed by atoms with Crippen molar-refractivity contribution in [2.24, 2.45) is 0 Å². The molecule has 0 heterocycles. The van der Waals surface area contributed by atoms with E-state index in [4.69, 9.17) is 4.74 Å². The molecule has 0 saturated carbocycles. The number of para-hydroxylation sites is 1. The van der Waals surface area contributed by atoms with Crippen LogP contribution in [0.25, 0.3) is 0 Å². The quantitative estimate of drug-likeness (QED) is 0.543. The molecule has 0 radical (unpaired) electrons. The fourth-order valence-corrected chi connectivity index (χ4v) is 3.01. The zero-order chi connectivity index (χ0) is 21.3. The van der Waals surface area contributed by atoms with E-state index in [0.29, 0.717) is 23.4 Å². The monoisotopic (exact) mass is 402 g/mol. The molecule has 2 amide bonds. The van der Waals surface area contributed by atoms with Crippen LogP contribution in [-0.2, 0) is 0 Å². The van der Waals surface area contributed by atoms with Crippen LogP contribution in [0.5, 0.6) is 5.75 Å². The Labute approximate surface area is 177 Å². The molecular weight excluding hydrogens is 376 g/mol. The summed E-state index contributed by atoms with van der Waals surface area (Å²) in [4.78, 5) is 25.5. The van der Waals surface area contributed by atoms with E-state index in [2.05, 4.69) is 10.6 Å². The standard InChI is InChI=1S/C25H26N2O3/c1-3-17-30-21-15-13-20(14-16-21)24(28)27-23-12-8-7-11-22(23)25(29)26-18(2)19-9-5-4-6-10-19/h4-16,18H,3,17H2,1-2H3,(H,26,29)(H,27,28)/t18-/m1/s1. The second kappa shape index (κ2) is 10.3. The highest BCUT2D eigenvalue weighted by atomic mass is 16.5. The summed E-state index contributed by atoms with van der Waals surface area (Å²) in [5, 5.41) is 5.83. The minimum Gasteiger partial charge on any atom is -0.494 e. The third-order valence-electron chi connectivity index (χ3n) is 4.66. The number of anilines is 1. The van der Waals surface area contributed by atoms with Crippen molar-refractivity contribution in [3.8, 4) is 5.75 Å². The Morgan fingerprint density at radius 2 is 1.53 bits per heavy atom. The second-order valence-corrected chi connectivity index (χ2v) is 6.98. The Bertz CT molecular complexity index is 985. The van der Waals surface area contributed by atoms with Crippen LogP contribution < -0.4 is 15.4 Å². The van der Waals surface area contributed by atoms with Crippen molar-refractivity contribution < 1.29 is 14.3 Å². The molecule has 0 fully saturated rings. The lowest BCUT2D eigenvalue weighted by Crippen LogP contribution is -2.28. The average molecular weight is 402 g/mol. The van der Waals surface area contributed by atoms with Gasteiger partial charge in [0.15, 0.2) is 0 Å². The molecule has 0 aliphatic heterocycles. The van der Waals surface area contributed by atoms with Gasteiger partial charge in [-0.05, 0) is 55.3 Å². The van der Waals surface area contributed by atoms with Gasteiger partial charge in [0.25, 0.3) is 11.8 Å². The van der Waals surface area contributed by atoms with Crippen molar-refractivity contribution in [2.75, 3.05) is 11.9 Å². The van der Waals surface area contributed by atoms with Gasteiger partial charge in [0, 0.05) is 5.56 Å². The van der Waals surface area contributed by atoms with E-state index in [-0.39, 0.29) is 17.9 Å². The maximum absolute atomic E-state index is 12.8. The van der Waals surface area contributed by atoms with E-state index in [1.54, 1.807) is 48.5 Å². The Morgan fingerprint density at radius 1 is 0.867 bits per heavy atom. The average Bonchev–Trinajstić information content (AvgIpc) is 2.78. The lowest BCUT2D eigenvalue weighted by Gasteiger charge is -2.16. The van der Waals surface area contributed by atoms with Crippen LogP contribution in [0.15, 0.2) is 78.9 Å². The summed E-state index contributed by atoms with van der Waals surface area (Å²) in [6.45, 7) is 4.60. The van der Waals surface area contributed by atoms with E-state index in [9.17, 15) is 9.59 Å². The molecule has 0 bridgehead atoms. The molecule has 3 aromatic rings. The number of nitrogens with one attached hydrogen (secondary N) is 2. The zero-order valence-electron chi connectivity index (χ0n) is 17.2. The van der Waals surface area contributed by atoms with Gasteiger partial charge in [-0.2, -0.15) is 0 Å². The van der Waals surface area contributed by atoms with Crippen molar-refractivity contribution in [1.82, 2.24) is 5.32 Å². The number of amides is 2. The summed E-state index contributed by atoms with van der Waals surface area (Å²) in [5.41, 5.74) is 2.38. The molecule has 0 spiro atoms. The van der Waals surface area contributed by atoms with E-state index in [1.807, 2.05) is 44.2 Å². The molecule has 3 rings (SSSR count). The number of carbonyl (C=O) groups excluding carboxylic acids is 2. The van der Waals surface area contributed by atoms with Gasteiger partial charge >= 0.3 is 0 Å². The first kappa shape index (κ1) is 21.1. The van der Waals surface area contributed by atoms with Gasteiger partial charge < -0.3 is 15.4 Å². The molecule has 0 saturated heterocycles. The van der Waals surface area contributed by atoms with E-state index in [0.717, 1.165) is 17.7 Å². The molecule has 154 valence electrons. The Kier molecular flexibility index (Phi) is 7.22. The van der Waals surface area contributed by atoms with Crippen LogP contribution in [0, 0.1) is 0 Å². The summed E-state index contributed by atoms with van der Waals surface area (Å²) >= 11 is 0. The highest BCUT2D eigenvalue weighted by Gasteiger charge is 2.16. The number of carbonyl (C=O) groups is 2. The van der Waals surface area contributed by atoms with Crippen molar-refractivity contribution in [1.29, 1.82) is 0 Å². The lowest BCUT2D eigenvalue weighted by molar-refractivity contribution is 0.0941.